The Bertz CT molecular complexity index is 1390. The van der Waals surface area contributed by atoms with Crippen molar-refractivity contribution in [1.82, 2.24) is 30.1 Å². The maximum Gasteiger partial charge on any atom is 0.270 e. The zero-order valence-electron chi connectivity index (χ0n) is 22.5. The maximum atomic E-state index is 13.5. The van der Waals surface area contributed by atoms with Crippen LogP contribution in [0.4, 0.5) is 0 Å². The number of fused-ring (bicyclic) bond motifs is 1. The highest BCUT2D eigenvalue weighted by Crippen LogP contribution is 2.24. The summed E-state index contributed by atoms with van der Waals surface area (Å²) in [5.74, 6) is 0.587. The molecule has 2 aromatic carbocycles. The van der Waals surface area contributed by atoms with Crippen molar-refractivity contribution in [3.63, 3.8) is 0 Å². The number of carbonyl (C=O) groups is 2. The minimum atomic E-state index is -0.0429. The number of nitrogens with one attached hydrogen (secondary N) is 2. The van der Waals surface area contributed by atoms with Crippen molar-refractivity contribution in [1.29, 1.82) is 0 Å². The van der Waals surface area contributed by atoms with Crippen molar-refractivity contribution in [3.05, 3.63) is 83.7 Å². The van der Waals surface area contributed by atoms with Gasteiger partial charge in [0.15, 0.2) is 5.82 Å². The van der Waals surface area contributed by atoms with Gasteiger partial charge in [-0.1, -0.05) is 60.7 Å². The normalized spacial score (nSPS) is 14.0. The maximum absolute atomic E-state index is 13.5. The van der Waals surface area contributed by atoms with E-state index >= 15 is 0 Å². The van der Waals surface area contributed by atoms with Crippen molar-refractivity contribution >= 4 is 22.8 Å². The first-order chi connectivity index (χ1) is 19.1. The Hall–Kier alpha value is -4.04. The number of rotatable bonds is 10. The van der Waals surface area contributed by atoms with E-state index in [0.29, 0.717) is 43.2 Å². The summed E-state index contributed by atoms with van der Waals surface area (Å²) in [4.78, 5) is 42.0. The van der Waals surface area contributed by atoms with Gasteiger partial charge in [0.05, 0.1) is 5.69 Å². The number of carbonyl (C=O) groups excluding carboxylic acids is 2. The summed E-state index contributed by atoms with van der Waals surface area (Å²) in [6.07, 6.45) is 3.62. The lowest BCUT2D eigenvalue weighted by Crippen LogP contribution is -2.49. The molecule has 0 unspecified atom stereocenters. The van der Waals surface area contributed by atoms with Gasteiger partial charge in [-0.05, 0) is 43.9 Å². The van der Waals surface area contributed by atoms with Crippen LogP contribution < -0.4 is 5.32 Å². The van der Waals surface area contributed by atoms with Gasteiger partial charge >= 0.3 is 0 Å². The summed E-state index contributed by atoms with van der Waals surface area (Å²) in [7, 11) is 0. The van der Waals surface area contributed by atoms with Gasteiger partial charge in [0.2, 0.25) is 5.91 Å². The van der Waals surface area contributed by atoms with Gasteiger partial charge in [0.25, 0.3) is 5.91 Å². The van der Waals surface area contributed by atoms with Crippen LogP contribution in [0.1, 0.15) is 41.5 Å². The molecule has 39 heavy (non-hydrogen) atoms. The third-order valence-corrected chi connectivity index (χ3v) is 7.24. The predicted octanol–water partition coefficient (Wildman–Crippen LogP) is 4.08. The summed E-state index contributed by atoms with van der Waals surface area (Å²) < 4.78 is 0. The van der Waals surface area contributed by atoms with Gasteiger partial charge in [-0.2, -0.15) is 0 Å². The summed E-state index contributed by atoms with van der Waals surface area (Å²) in [6.45, 7) is 6.33. The van der Waals surface area contributed by atoms with E-state index in [2.05, 4.69) is 45.5 Å². The van der Waals surface area contributed by atoms with Gasteiger partial charge in [-0.25, -0.2) is 9.97 Å². The number of benzene rings is 2. The number of aromatic amines is 1. The second-order valence-electron chi connectivity index (χ2n) is 10.1. The summed E-state index contributed by atoms with van der Waals surface area (Å²) in [6, 6.07) is 22.3. The summed E-state index contributed by atoms with van der Waals surface area (Å²) in [5.41, 5.74) is 4.39. The molecule has 3 heterocycles. The van der Waals surface area contributed by atoms with Crippen LogP contribution in [0.3, 0.4) is 0 Å². The van der Waals surface area contributed by atoms with E-state index in [1.807, 2.05) is 41.3 Å². The van der Waals surface area contributed by atoms with E-state index in [0.717, 1.165) is 55.5 Å². The second-order valence-corrected chi connectivity index (χ2v) is 10.1. The van der Waals surface area contributed by atoms with Gasteiger partial charge < -0.3 is 15.2 Å². The number of piperazine rings is 1. The smallest absolute Gasteiger partial charge is 0.270 e. The van der Waals surface area contributed by atoms with Gasteiger partial charge in [0.1, 0.15) is 11.3 Å². The minimum Gasteiger partial charge on any atom is -0.356 e. The Morgan fingerprint density at radius 3 is 2.33 bits per heavy atom. The molecule has 8 nitrogen and oxygen atoms in total. The number of H-pyrrole nitrogens is 1. The highest BCUT2D eigenvalue weighted by Gasteiger charge is 2.24. The van der Waals surface area contributed by atoms with Crippen LogP contribution in [-0.4, -0.2) is 75.8 Å². The number of amides is 2. The predicted molar refractivity (Wildman–Crippen MR) is 153 cm³/mol. The monoisotopic (exact) mass is 524 g/mol. The lowest BCUT2D eigenvalue weighted by Gasteiger charge is -2.34. The van der Waals surface area contributed by atoms with Crippen LogP contribution in [0.15, 0.2) is 66.7 Å². The van der Waals surface area contributed by atoms with E-state index in [1.165, 1.54) is 12.5 Å². The fraction of sp³-hybridized carbons (Fsp3) is 0.355. The molecule has 1 fully saturated rings. The topological polar surface area (TPSA) is 94.2 Å². The van der Waals surface area contributed by atoms with E-state index in [9.17, 15) is 9.59 Å². The van der Waals surface area contributed by atoms with Gasteiger partial charge in [-0.3, -0.25) is 14.5 Å². The Morgan fingerprint density at radius 1 is 0.897 bits per heavy atom. The Labute approximate surface area is 229 Å². The number of aromatic nitrogens is 3. The average Bonchev–Trinajstić information content (AvgIpc) is 3.41. The van der Waals surface area contributed by atoms with E-state index < -0.39 is 0 Å². The zero-order chi connectivity index (χ0) is 27.0. The van der Waals surface area contributed by atoms with Crippen molar-refractivity contribution < 1.29 is 9.59 Å². The molecule has 8 heteroatoms. The third-order valence-electron chi connectivity index (χ3n) is 7.24. The van der Waals surface area contributed by atoms with Crippen LogP contribution in [0.2, 0.25) is 0 Å². The molecule has 1 saturated heterocycles. The van der Waals surface area contributed by atoms with Crippen LogP contribution in [0.5, 0.6) is 0 Å². The number of aryl methyl sites for hydroxylation is 2. The molecule has 0 atom stereocenters. The van der Waals surface area contributed by atoms with Crippen molar-refractivity contribution in [2.24, 2.45) is 0 Å². The average molecular weight is 525 g/mol. The van der Waals surface area contributed by atoms with Crippen molar-refractivity contribution in [3.8, 4) is 11.4 Å². The third kappa shape index (κ3) is 6.89. The quantitative estimate of drug-likeness (QED) is 0.305. The first kappa shape index (κ1) is 26.6. The molecule has 2 aromatic heterocycles. The van der Waals surface area contributed by atoms with Gasteiger partial charge in [0, 0.05) is 50.6 Å². The summed E-state index contributed by atoms with van der Waals surface area (Å²) >= 11 is 0. The molecule has 0 aliphatic carbocycles. The standard InChI is InChI=1S/C31H36N6O2/c1-23(38)32-16-8-15-27-26-22-28(34-30(26)35-29(33-27)25-13-6-3-7-14-25)31(39)37-20-18-36(19-21-37)17-9-12-24-10-4-2-5-11-24/h2-7,10-11,13-14,22H,8-9,12,15-21H2,1H3,(H,32,38)(H,33,34,35). The highest BCUT2D eigenvalue weighted by atomic mass is 16.2. The minimum absolute atomic E-state index is 0.00222. The molecule has 0 bridgehead atoms. The number of nitrogens with zero attached hydrogens (tertiary/aromatic N) is 4. The molecule has 0 radical (unpaired) electrons. The molecule has 202 valence electrons. The van der Waals surface area contributed by atoms with Crippen LogP contribution >= 0.6 is 0 Å². The number of hydrogen-bond acceptors (Lipinski definition) is 5. The van der Waals surface area contributed by atoms with Gasteiger partial charge in [-0.15, -0.1) is 0 Å². The van der Waals surface area contributed by atoms with Crippen molar-refractivity contribution in [2.45, 2.75) is 32.6 Å². The molecule has 2 N–H and O–H groups in total. The van der Waals surface area contributed by atoms with Crippen LogP contribution in [0, 0.1) is 0 Å². The Kier molecular flexibility index (Phi) is 8.63. The first-order valence-electron chi connectivity index (χ1n) is 13.8. The molecular formula is C31H36N6O2. The molecule has 4 aromatic rings. The molecule has 2 amide bonds. The number of hydrogen-bond donors (Lipinski definition) is 2. The molecular weight excluding hydrogens is 488 g/mol. The van der Waals surface area contributed by atoms with E-state index in [-0.39, 0.29) is 11.8 Å². The largest absolute Gasteiger partial charge is 0.356 e. The molecule has 5 rings (SSSR count). The Morgan fingerprint density at radius 2 is 1.62 bits per heavy atom. The first-order valence-corrected chi connectivity index (χ1v) is 13.8. The molecule has 1 aliphatic heterocycles. The molecule has 1 aliphatic rings. The second kappa shape index (κ2) is 12.7. The van der Waals surface area contributed by atoms with E-state index in [1.54, 1.807) is 0 Å². The fourth-order valence-electron chi connectivity index (χ4n) is 5.11. The lowest BCUT2D eigenvalue weighted by molar-refractivity contribution is -0.118. The molecule has 0 saturated carbocycles. The highest BCUT2D eigenvalue weighted by molar-refractivity contribution is 5.98. The van der Waals surface area contributed by atoms with E-state index in [4.69, 9.17) is 9.97 Å². The zero-order valence-corrected chi connectivity index (χ0v) is 22.5. The van der Waals surface area contributed by atoms with Crippen molar-refractivity contribution in [2.75, 3.05) is 39.3 Å². The molecule has 0 spiro atoms. The van der Waals surface area contributed by atoms with Crippen LogP contribution in [0.25, 0.3) is 22.4 Å². The van der Waals surface area contributed by atoms with Crippen LogP contribution in [-0.2, 0) is 17.6 Å². The fourth-order valence-corrected chi connectivity index (χ4v) is 5.11. The Balaban J connectivity index is 1.25. The summed E-state index contributed by atoms with van der Waals surface area (Å²) in [5, 5.41) is 3.71. The SMILES string of the molecule is CC(=O)NCCCc1nc(-c2ccccc2)nc2[nH]c(C(=O)N3CCN(CCCc4ccccc4)CC3)cc12. The lowest BCUT2D eigenvalue weighted by atomic mass is 10.1.